The predicted octanol–water partition coefficient (Wildman–Crippen LogP) is 1.06. The summed E-state index contributed by atoms with van der Waals surface area (Å²) in [6.07, 6.45) is 1.02. The van der Waals surface area contributed by atoms with Gasteiger partial charge in [-0.05, 0) is 13.8 Å². The number of aliphatic hydroxyl groups excluding tert-OH is 1. The van der Waals surface area contributed by atoms with E-state index in [4.69, 9.17) is 10.5 Å². The Kier molecular flexibility index (Phi) is 2.64. The Morgan fingerprint density at radius 3 is 2.11 bits per heavy atom. The average molecular weight is 127 g/mol. The average Bonchev–Trinajstić information content (AvgIpc) is 1.63. The van der Waals surface area contributed by atoms with Crippen LogP contribution in [0.1, 0.15) is 13.8 Å². The molecular formula is C6H9NO2. The van der Waals surface area contributed by atoms with Crippen molar-refractivity contribution in [3.8, 4) is 0 Å². The zero-order valence-electron chi connectivity index (χ0n) is 5.43. The van der Waals surface area contributed by atoms with E-state index >= 15 is 0 Å². The van der Waals surface area contributed by atoms with Gasteiger partial charge in [0.1, 0.15) is 5.76 Å². The van der Waals surface area contributed by atoms with Crippen molar-refractivity contribution in [2.75, 3.05) is 0 Å². The maximum absolute atomic E-state index is 10.2. The zero-order valence-corrected chi connectivity index (χ0v) is 5.43. The molecule has 0 saturated heterocycles. The molecule has 0 atom stereocenters. The van der Waals surface area contributed by atoms with E-state index in [-0.39, 0.29) is 17.3 Å². The van der Waals surface area contributed by atoms with Crippen LogP contribution >= 0.6 is 0 Å². The molecule has 0 unspecified atom stereocenters. The van der Waals surface area contributed by atoms with Crippen molar-refractivity contribution in [1.82, 2.24) is 0 Å². The predicted molar refractivity (Wildman–Crippen MR) is 34.8 cm³/mol. The highest BCUT2D eigenvalue weighted by Crippen LogP contribution is 1.89. The van der Waals surface area contributed by atoms with Crippen molar-refractivity contribution in [2.24, 2.45) is 0 Å². The highest BCUT2D eigenvalue weighted by molar-refractivity contribution is 6.00. The quantitative estimate of drug-likeness (QED) is 0.331. The lowest BCUT2D eigenvalue weighted by atomic mass is 10.3. The second kappa shape index (κ2) is 3.02. The summed E-state index contributed by atoms with van der Waals surface area (Å²) < 4.78 is 0. The molecular weight excluding hydrogens is 118 g/mol. The first kappa shape index (κ1) is 7.88. The molecule has 0 rings (SSSR count). The van der Waals surface area contributed by atoms with Gasteiger partial charge in [-0.15, -0.1) is 0 Å². The van der Waals surface area contributed by atoms with Crippen LogP contribution in [0, 0.1) is 5.41 Å². The number of aliphatic hydroxyl groups is 1. The van der Waals surface area contributed by atoms with Crippen LogP contribution in [0.5, 0.6) is 0 Å². The Hall–Kier alpha value is -1.12. The van der Waals surface area contributed by atoms with E-state index in [1.807, 2.05) is 0 Å². The van der Waals surface area contributed by atoms with Crippen LogP contribution in [-0.2, 0) is 4.79 Å². The molecule has 3 nitrogen and oxygen atoms in total. The number of nitrogens with one attached hydrogen (secondary N) is 1. The maximum atomic E-state index is 10.2. The highest BCUT2D eigenvalue weighted by Gasteiger charge is 1.95. The van der Waals surface area contributed by atoms with Gasteiger partial charge in [-0.2, -0.15) is 0 Å². The Balaban J connectivity index is 4.17. The molecule has 0 aliphatic carbocycles. The zero-order chi connectivity index (χ0) is 7.44. The van der Waals surface area contributed by atoms with Crippen LogP contribution in [0.2, 0.25) is 0 Å². The van der Waals surface area contributed by atoms with E-state index in [0.29, 0.717) is 0 Å². The van der Waals surface area contributed by atoms with Crippen molar-refractivity contribution in [3.63, 3.8) is 0 Å². The van der Waals surface area contributed by atoms with Crippen molar-refractivity contribution >= 4 is 11.5 Å². The van der Waals surface area contributed by atoms with Crippen molar-refractivity contribution in [1.29, 1.82) is 5.41 Å². The summed E-state index contributed by atoms with van der Waals surface area (Å²) in [6, 6.07) is 0. The van der Waals surface area contributed by atoms with E-state index in [1.165, 1.54) is 13.8 Å². The summed E-state index contributed by atoms with van der Waals surface area (Å²) in [6.45, 7) is 2.73. The van der Waals surface area contributed by atoms with Gasteiger partial charge in [0, 0.05) is 6.08 Å². The normalized spacial score (nSPS) is 11.1. The van der Waals surface area contributed by atoms with Crippen molar-refractivity contribution < 1.29 is 9.90 Å². The highest BCUT2D eigenvalue weighted by atomic mass is 16.3. The topological polar surface area (TPSA) is 61.1 Å². The largest absolute Gasteiger partial charge is 0.506 e. The minimum absolute atomic E-state index is 0.00481. The number of carbonyl (C=O) groups excluding carboxylic acids is 1. The molecule has 0 amide bonds. The molecule has 0 aliphatic heterocycles. The van der Waals surface area contributed by atoms with E-state index in [0.717, 1.165) is 6.08 Å². The smallest absolute Gasteiger partial charge is 0.156 e. The minimum Gasteiger partial charge on any atom is -0.506 e. The minimum atomic E-state index is -0.262. The molecule has 0 radical (unpaired) electrons. The van der Waals surface area contributed by atoms with E-state index < -0.39 is 0 Å². The van der Waals surface area contributed by atoms with Gasteiger partial charge >= 0.3 is 0 Å². The van der Waals surface area contributed by atoms with Crippen LogP contribution in [0.4, 0.5) is 0 Å². The molecule has 0 heterocycles. The number of allylic oxidation sites excluding steroid dienone is 2. The summed E-state index contributed by atoms with van der Waals surface area (Å²) in [5, 5.41) is 15.5. The van der Waals surface area contributed by atoms with Gasteiger partial charge in [0.15, 0.2) is 5.78 Å². The Morgan fingerprint density at radius 1 is 1.56 bits per heavy atom. The van der Waals surface area contributed by atoms with E-state index in [9.17, 15) is 4.79 Å². The number of ketones is 1. The number of carbonyl (C=O) groups is 1. The molecule has 0 aromatic heterocycles. The first-order chi connectivity index (χ1) is 4.04. The van der Waals surface area contributed by atoms with Crippen LogP contribution in [0.15, 0.2) is 11.8 Å². The third-order valence-electron chi connectivity index (χ3n) is 0.724. The monoisotopic (exact) mass is 127 g/mol. The molecule has 2 N–H and O–H groups in total. The lowest BCUT2D eigenvalue weighted by Crippen LogP contribution is -1.96. The van der Waals surface area contributed by atoms with Gasteiger partial charge in [0.05, 0.1) is 5.71 Å². The fraction of sp³-hybridized carbons (Fsp3) is 0.333. The third-order valence-corrected chi connectivity index (χ3v) is 0.724. The van der Waals surface area contributed by atoms with Crippen molar-refractivity contribution in [3.05, 3.63) is 11.8 Å². The summed E-state index contributed by atoms with van der Waals surface area (Å²) in [5.41, 5.74) is 0.00481. The Labute approximate surface area is 53.5 Å². The summed E-state index contributed by atoms with van der Waals surface area (Å²) in [4.78, 5) is 10.2. The van der Waals surface area contributed by atoms with Crippen LogP contribution in [-0.4, -0.2) is 16.6 Å². The van der Waals surface area contributed by atoms with Gasteiger partial charge in [0.2, 0.25) is 0 Å². The third kappa shape index (κ3) is 3.46. The first-order valence-corrected chi connectivity index (χ1v) is 2.51. The lowest BCUT2D eigenvalue weighted by Gasteiger charge is -1.90. The molecule has 3 heteroatoms. The standard InChI is InChI=1S/C6H9NO2/c1-4(8)3-6(9)5(2)7/h3,7,9H,1-2H3/b6-3-,7-5?. The van der Waals surface area contributed by atoms with Gasteiger partial charge in [-0.25, -0.2) is 0 Å². The van der Waals surface area contributed by atoms with Gasteiger partial charge in [-0.1, -0.05) is 0 Å². The SMILES string of the molecule is CC(=N)/C(O)=C/C(C)=O. The molecule has 0 aromatic carbocycles. The molecule has 50 valence electrons. The summed E-state index contributed by atoms with van der Waals surface area (Å²) >= 11 is 0. The molecule has 9 heavy (non-hydrogen) atoms. The number of hydrogen-bond acceptors (Lipinski definition) is 3. The number of rotatable bonds is 2. The molecule has 0 bridgehead atoms. The van der Waals surface area contributed by atoms with E-state index in [1.54, 1.807) is 0 Å². The fourth-order valence-corrected chi connectivity index (χ4v) is 0.301. The van der Waals surface area contributed by atoms with E-state index in [2.05, 4.69) is 0 Å². The van der Waals surface area contributed by atoms with Crippen LogP contribution in [0.3, 0.4) is 0 Å². The number of hydrogen-bond donors (Lipinski definition) is 2. The Morgan fingerprint density at radius 2 is 2.00 bits per heavy atom. The molecule has 0 aromatic rings. The Bertz CT molecular complexity index is 170. The second-order valence-corrected chi connectivity index (χ2v) is 1.77. The summed E-state index contributed by atoms with van der Waals surface area (Å²) in [7, 11) is 0. The van der Waals surface area contributed by atoms with Crippen molar-refractivity contribution in [2.45, 2.75) is 13.8 Å². The molecule has 0 aliphatic rings. The first-order valence-electron chi connectivity index (χ1n) is 2.51. The van der Waals surface area contributed by atoms with Gasteiger partial charge in [0.25, 0.3) is 0 Å². The molecule has 0 spiro atoms. The molecule has 0 saturated carbocycles. The summed E-state index contributed by atoms with van der Waals surface area (Å²) in [5.74, 6) is -0.512. The van der Waals surface area contributed by atoms with Gasteiger partial charge < -0.3 is 10.5 Å². The molecule has 0 fully saturated rings. The maximum Gasteiger partial charge on any atom is 0.156 e. The van der Waals surface area contributed by atoms with Gasteiger partial charge in [-0.3, -0.25) is 4.79 Å². The fourth-order valence-electron chi connectivity index (χ4n) is 0.301. The van der Waals surface area contributed by atoms with Crippen LogP contribution < -0.4 is 0 Å². The van der Waals surface area contributed by atoms with Crippen LogP contribution in [0.25, 0.3) is 0 Å². The second-order valence-electron chi connectivity index (χ2n) is 1.77. The lowest BCUT2D eigenvalue weighted by molar-refractivity contribution is -0.112.